The third-order valence-electron chi connectivity index (χ3n) is 6.14. The van der Waals surface area contributed by atoms with Crippen LogP contribution < -0.4 is 5.73 Å². The molecule has 0 saturated carbocycles. The first-order chi connectivity index (χ1) is 13.8. The van der Waals surface area contributed by atoms with E-state index in [1.54, 1.807) is 0 Å². The number of guanidine groups is 1. The van der Waals surface area contributed by atoms with Crippen LogP contribution in [0.2, 0.25) is 0 Å². The highest BCUT2D eigenvalue weighted by molar-refractivity contribution is 5.80. The van der Waals surface area contributed by atoms with E-state index in [0.717, 1.165) is 12.8 Å². The van der Waals surface area contributed by atoms with Crippen molar-refractivity contribution in [1.29, 1.82) is 0 Å². The van der Waals surface area contributed by atoms with Gasteiger partial charge in [0.25, 0.3) is 0 Å². The van der Waals surface area contributed by atoms with Crippen LogP contribution in [0.5, 0.6) is 0 Å². The van der Waals surface area contributed by atoms with E-state index < -0.39 is 0 Å². The molecule has 2 aliphatic heterocycles. The fourth-order valence-corrected chi connectivity index (χ4v) is 4.74. The molecule has 3 heteroatoms. The molecule has 2 N–H and O–H groups in total. The molecule has 0 aliphatic carbocycles. The number of aliphatic imine (C=N–C) groups is 1. The maximum Gasteiger partial charge on any atom is 0.192 e. The maximum absolute atomic E-state index is 6.47. The Kier molecular flexibility index (Phi) is 4.36. The molecule has 0 spiro atoms. The summed E-state index contributed by atoms with van der Waals surface area (Å²) in [5.41, 5.74) is 11.6. The minimum Gasteiger partial charge on any atom is -0.370 e. The van der Waals surface area contributed by atoms with Crippen molar-refractivity contribution in [3.63, 3.8) is 0 Å². The first-order valence-corrected chi connectivity index (χ1v) is 10.1. The lowest BCUT2D eigenvalue weighted by molar-refractivity contribution is 0.267. The monoisotopic (exact) mass is 367 g/mol. The molecule has 0 aromatic heterocycles. The van der Waals surface area contributed by atoms with Crippen LogP contribution in [-0.2, 0) is 0 Å². The molecule has 0 amide bonds. The van der Waals surface area contributed by atoms with Gasteiger partial charge in [-0.25, -0.2) is 4.99 Å². The van der Waals surface area contributed by atoms with Gasteiger partial charge < -0.3 is 10.6 Å². The van der Waals surface area contributed by atoms with Gasteiger partial charge in [-0.3, -0.25) is 0 Å². The Morgan fingerprint density at radius 2 is 1.36 bits per heavy atom. The number of hydrogen-bond acceptors (Lipinski definition) is 3. The van der Waals surface area contributed by atoms with Gasteiger partial charge in [0.2, 0.25) is 0 Å². The first kappa shape index (κ1) is 17.1. The fourth-order valence-electron chi connectivity index (χ4n) is 4.74. The highest BCUT2D eigenvalue weighted by atomic mass is 15.3. The van der Waals surface area contributed by atoms with E-state index in [-0.39, 0.29) is 6.04 Å². The fraction of sp³-hybridized carbons (Fsp3) is 0.240. The Labute approximate surface area is 166 Å². The molecule has 140 valence electrons. The van der Waals surface area contributed by atoms with Gasteiger partial charge in [-0.05, 0) is 41.5 Å². The van der Waals surface area contributed by atoms with E-state index in [0.29, 0.717) is 18.0 Å². The van der Waals surface area contributed by atoms with Gasteiger partial charge in [0.15, 0.2) is 5.96 Å². The number of hydrogen-bond donors (Lipinski definition) is 1. The van der Waals surface area contributed by atoms with E-state index >= 15 is 0 Å². The summed E-state index contributed by atoms with van der Waals surface area (Å²) in [6, 6.07) is 31.0. The number of nitrogens with zero attached hydrogens (tertiary/aromatic N) is 2. The minimum absolute atomic E-state index is 0.182. The number of benzene rings is 3. The van der Waals surface area contributed by atoms with Crippen molar-refractivity contribution < 1.29 is 0 Å². The van der Waals surface area contributed by atoms with Crippen LogP contribution in [0.15, 0.2) is 89.9 Å². The Morgan fingerprint density at radius 3 is 2.07 bits per heavy atom. The van der Waals surface area contributed by atoms with Gasteiger partial charge in [0.05, 0.1) is 12.1 Å². The van der Waals surface area contributed by atoms with E-state index in [1.807, 2.05) is 0 Å². The highest BCUT2D eigenvalue weighted by Crippen LogP contribution is 2.43. The van der Waals surface area contributed by atoms with Crippen molar-refractivity contribution in [3.05, 3.63) is 96.1 Å². The summed E-state index contributed by atoms with van der Waals surface area (Å²) in [6.07, 6.45) is 3.35. The van der Waals surface area contributed by atoms with Gasteiger partial charge in [0.1, 0.15) is 0 Å². The van der Waals surface area contributed by atoms with Gasteiger partial charge in [-0.1, -0.05) is 84.9 Å². The number of rotatable bonds is 3. The summed E-state index contributed by atoms with van der Waals surface area (Å²) in [7, 11) is 0. The van der Waals surface area contributed by atoms with Crippen LogP contribution in [0.25, 0.3) is 11.1 Å². The molecule has 3 nitrogen and oxygen atoms in total. The van der Waals surface area contributed by atoms with Crippen molar-refractivity contribution in [1.82, 2.24) is 4.90 Å². The van der Waals surface area contributed by atoms with Crippen molar-refractivity contribution >= 4 is 5.96 Å². The maximum atomic E-state index is 6.47. The molecular formula is C25H25N3. The molecule has 3 atom stereocenters. The standard InChI is InChI=1S/C25H25N3/c26-25-27-23(20-9-5-2-6-10-20)17-22-15-16-24(28(22)25)21-13-11-19(12-14-21)18-7-3-1-4-8-18/h1-14,22-24H,15-17H2,(H2,26,27)/t22-,23-,24-/m1/s1. The van der Waals surface area contributed by atoms with Crippen molar-refractivity contribution in [2.45, 2.75) is 37.4 Å². The largest absolute Gasteiger partial charge is 0.370 e. The summed E-state index contributed by atoms with van der Waals surface area (Å²) in [5.74, 6) is 0.694. The first-order valence-electron chi connectivity index (χ1n) is 10.1. The predicted octanol–water partition coefficient (Wildman–Crippen LogP) is 5.32. The van der Waals surface area contributed by atoms with Crippen LogP contribution in [0, 0.1) is 0 Å². The Bertz CT molecular complexity index is 964. The molecule has 3 aromatic carbocycles. The molecule has 1 fully saturated rings. The third-order valence-corrected chi connectivity index (χ3v) is 6.14. The zero-order valence-corrected chi connectivity index (χ0v) is 15.9. The van der Waals surface area contributed by atoms with E-state index in [9.17, 15) is 0 Å². The lowest BCUT2D eigenvalue weighted by Gasteiger charge is -2.37. The molecule has 0 radical (unpaired) electrons. The zero-order valence-electron chi connectivity index (χ0n) is 15.9. The Hall–Kier alpha value is -3.07. The molecule has 1 saturated heterocycles. The molecule has 28 heavy (non-hydrogen) atoms. The third kappa shape index (κ3) is 3.07. The molecular weight excluding hydrogens is 342 g/mol. The minimum atomic E-state index is 0.182. The van der Waals surface area contributed by atoms with Crippen LogP contribution in [-0.4, -0.2) is 16.9 Å². The van der Waals surface area contributed by atoms with Crippen molar-refractivity contribution in [2.24, 2.45) is 10.7 Å². The average Bonchev–Trinajstić information content (AvgIpc) is 3.20. The summed E-state index contributed by atoms with van der Waals surface area (Å²) in [4.78, 5) is 7.21. The van der Waals surface area contributed by atoms with Crippen molar-refractivity contribution in [3.8, 4) is 11.1 Å². The van der Waals surface area contributed by atoms with Crippen LogP contribution >= 0.6 is 0 Å². The lowest BCUT2D eigenvalue weighted by atomic mass is 9.97. The Balaban J connectivity index is 1.39. The zero-order chi connectivity index (χ0) is 18.9. The van der Waals surface area contributed by atoms with Crippen LogP contribution in [0.3, 0.4) is 0 Å². The number of fused-ring (bicyclic) bond motifs is 1. The molecule has 0 bridgehead atoms. The molecule has 3 aromatic rings. The lowest BCUT2D eigenvalue weighted by Crippen LogP contribution is -2.45. The average molecular weight is 367 g/mol. The van der Waals surface area contributed by atoms with Gasteiger partial charge in [-0.15, -0.1) is 0 Å². The molecule has 5 rings (SSSR count). The summed E-state index contributed by atoms with van der Waals surface area (Å²) in [6.45, 7) is 0. The molecule has 2 aliphatic rings. The normalized spacial score (nSPS) is 23.9. The topological polar surface area (TPSA) is 41.6 Å². The SMILES string of the molecule is NC1=N[C@@H](c2ccccc2)C[C@H]2CC[C@H](c3ccc(-c4ccccc4)cc3)N12. The van der Waals surface area contributed by atoms with Gasteiger partial charge in [-0.2, -0.15) is 0 Å². The second-order valence-corrected chi connectivity index (χ2v) is 7.79. The van der Waals surface area contributed by atoms with Gasteiger partial charge >= 0.3 is 0 Å². The summed E-state index contributed by atoms with van der Waals surface area (Å²) < 4.78 is 0. The van der Waals surface area contributed by atoms with E-state index in [2.05, 4.69) is 89.8 Å². The summed E-state index contributed by atoms with van der Waals surface area (Å²) >= 11 is 0. The molecule has 0 unspecified atom stereocenters. The quantitative estimate of drug-likeness (QED) is 0.681. The van der Waals surface area contributed by atoms with Crippen molar-refractivity contribution in [2.75, 3.05) is 0 Å². The van der Waals surface area contributed by atoms with Crippen LogP contribution in [0.4, 0.5) is 0 Å². The smallest absolute Gasteiger partial charge is 0.192 e. The molecule has 2 heterocycles. The second kappa shape index (κ2) is 7.16. The number of nitrogens with two attached hydrogens (primary N) is 1. The predicted molar refractivity (Wildman–Crippen MR) is 115 cm³/mol. The van der Waals surface area contributed by atoms with E-state index in [1.165, 1.54) is 28.7 Å². The van der Waals surface area contributed by atoms with Gasteiger partial charge in [0, 0.05) is 6.04 Å². The van der Waals surface area contributed by atoms with Crippen LogP contribution in [0.1, 0.15) is 42.5 Å². The van der Waals surface area contributed by atoms with E-state index in [4.69, 9.17) is 10.7 Å². The Morgan fingerprint density at radius 1 is 0.714 bits per heavy atom. The summed E-state index contributed by atoms with van der Waals surface area (Å²) in [5, 5.41) is 0. The highest BCUT2D eigenvalue weighted by Gasteiger charge is 2.40. The second-order valence-electron chi connectivity index (χ2n) is 7.79.